The van der Waals surface area contributed by atoms with Crippen LogP contribution in [0.2, 0.25) is 5.02 Å². The Morgan fingerprint density at radius 1 is 1.56 bits per heavy atom. The van der Waals surface area contributed by atoms with Crippen molar-refractivity contribution in [2.24, 2.45) is 0 Å². The second kappa shape index (κ2) is 6.26. The third kappa shape index (κ3) is 4.01. The summed E-state index contributed by atoms with van der Waals surface area (Å²) < 4.78 is 12.7. The number of carbonyl (C=O) groups is 1. The van der Waals surface area contributed by atoms with E-state index in [1.807, 2.05) is 0 Å². The first-order chi connectivity index (χ1) is 7.63. The summed E-state index contributed by atoms with van der Waals surface area (Å²) in [6.07, 6.45) is 5.20. The van der Waals surface area contributed by atoms with Crippen molar-refractivity contribution in [3.8, 4) is 12.3 Å². The third-order valence-corrected chi connectivity index (χ3v) is 2.30. The Balaban J connectivity index is 2.53. The Labute approximate surface area is 98.8 Å². The van der Waals surface area contributed by atoms with Crippen LogP contribution in [0.5, 0.6) is 0 Å². The molecule has 0 fully saturated rings. The molecule has 1 aromatic carbocycles. The van der Waals surface area contributed by atoms with Gasteiger partial charge in [-0.25, -0.2) is 4.39 Å². The lowest BCUT2D eigenvalue weighted by Crippen LogP contribution is -2.24. The Morgan fingerprint density at radius 2 is 2.31 bits per heavy atom. The van der Waals surface area contributed by atoms with Crippen molar-refractivity contribution in [2.75, 3.05) is 13.1 Å². The lowest BCUT2D eigenvalue weighted by molar-refractivity contribution is -0.117. The quantitative estimate of drug-likeness (QED) is 0.627. The van der Waals surface area contributed by atoms with Gasteiger partial charge in [0.25, 0.3) is 0 Å². The molecule has 0 unspecified atom stereocenters. The zero-order valence-electron chi connectivity index (χ0n) is 8.59. The fourth-order valence-electron chi connectivity index (χ4n) is 1.21. The summed E-state index contributed by atoms with van der Waals surface area (Å²) in [4.78, 5) is 11.4. The molecule has 1 aromatic rings. The summed E-state index contributed by atoms with van der Waals surface area (Å²) in [6.45, 7) is 0.542. The van der Waals surface area contributed by atoms with E-state index in [1.165, 1.54) is 18.2 Å². The highest BCUT2D eigenvalue weighted by atomic mass is 35.5. The smallest absolute Gasteiger partial charge is 0.151 e. The number of rotatable bonds is 5. The molecule has 1 rings (SSSR count). The van der Waals surface area contributed by atoms with Crippen LogP contribution in [0.15, 0.2) is 18.2 Å². The van der Waals surface area contributed by atoms with Gasteiger partial charge in [0.1, 0.15) is 5.82 Å². The summed E-state index contributed by atoms with van der Waals surface area (Å²) in [5.41, 5.74) is 0.621. The molecule has 16 heavy (non-hydrogen) atoms. The minimum atomic E-state index is -0.411. The van der Waals surface area contributed by atoms with Crippen LogP contribution in [0.4, 0.5) is 4.39 Å². The topological polar surface area (TPSA) is 29.1 Å². The highest BCUT2D eigenvalue weighted by Gasteiger charge is 2.07. The predicted molar refractivity (Wildman–Crippen MR) is 61.8 cm³/mol. The summed E-state index contributed by atoms with van der Waals surface area (Å²) in [7, 11) is 0. The second-order valence-corrected chi connectivity index (χ2v) is 3.67. The van der Waals surface area contributed by atoms with Gasteiger partial charge in [-0.2, -0.15) is 0 Å². The molecule has 0 aliphatic carbocycles. The number of terminal acetylenes is 1. The minimum Gasteiger partial charge on any atom is -0.299 e. The van der Waals surface area contributed by atoms with Gasteiger partial charge in [0.05, 0.1) is 13.1 Å². The zero-order chi connectivity index (χ0) is 12.0. The van der Waals surface area contributed by atoms with Crippen molar-refractivity contribution in [1.29, 1.82) is 0 Å². The third-order valence-electron chi connectivity index (χ3n) is 1.95. The van der Waals surface area contributed by atoms with E-state index in [0.29, 0.717) is 12.1 Å². The molecule has 0 bridgehead atoms. The molecule has 4 heteroatoms. The molecule has 2 nitrogen and oxygen atoms in total. The SMILES string of the molecule is C#CCNCC(=O)Cc1ccc(F)cc1Cl. The Hall–Kier alpha value is -1.37. The second-order valence-electron chi connectivity index (χ2n) is 3.26. The van der Waals surface area contributed by atoms with E-state index >= 15 is 0 Å². The molecular weight excluding hydrogens is 229 g/mol. The van der Waals surface area contributed by atoms with Crippen molar-refractivity contribution >= 4 is 17.4 Å². The first-order valence-corrected chi connectivity index (χ1v) is 5.11. The van der Waals surface area contributed by atoms with E-state index in [2.05, 4.69) is 11.2 Å². The van der Waals surface area contributed by atoms with Crippen molar-refractivity contribution in [1.82, 2.24) is 5.32 Å². The number of Topliss-reactive ketones (excluding diaryl/α,β-unsaturated/α-hetero) is 1. The van der Waals surface area contributed by atoms with Crippen LogP contribution in [-0.2, 0) is 11.2 Å². The van der Waals surface area contributed by atoms with Crippen molar-refractivity contribution in [3.05, 3.63) is 34.6 Å². The maximum absolute atomic E-state index is 12.7. The molecule has 0 atom stereocenters. The van der Waals surface area contributed by atoms with Crippen LogP contribution in [0.25, 0.3) is 0 Å². The number of nitrogens with one attached hydrogen (secondary N) is 1. The fourth-order valence-corrected chi connectivity index (χ4v) is 1.45. The molecule has 0 aliphatic heterocycles. The summed E-state index contributed by atoms with van der Waals surface area (Å²) in [5, 5.41) is 3.05. The first kappa shape index (κ1) is 12.7. The summed E-state index contributed by atoms with van der Waals surface area (Å²) >= 11 is 5.79. The lowest BCUT2D eigenvalue weighted by atomic mass is 10.1. The maximum atomic E-state index is 12.7. The van der Waals surface area contributed by atoms with E-state index < -0.39 is 5.82 Å². The highest BCUT2D eigenvalue weighted by Crippen LogP contribution is 2.17. The van der Waals surface area contributed by atoms with Gasteiger partial charge in [-0.3, -0.25) is 10.1 Å². The molecule has 84 valence electrons. The van der Waals surface area contributed by atoms with E-state index in [9.17, 15) is 9.18 Å². The van der Waals surface area contributed by atoms with Gasteiger partial charge < -0.3 is 0 Å². The molecule has 0 amide bonds. The molecule has 0 aliphatic rings. The highest BCUT2D eigenvalue weighted by molar-refractivity contribution is 6.31. The van der Waals surface area contributed by atoms with Gasteiger partial charge in [0.2, 0.25) is 0 Å². The molecule has 1 N–H and O–H groups in total. The van der Waals surface area contributed by atoms with E-state index in [4.69, 9.17) is 18.0 Å². The summed E-state index contributed by atoms with van der Waals surface area (Å²) in [6, 6.07) is 3.99. The average Bonchev–Trinajstić information content (AvgIpc) is 2.23. The number of carbonyl (C=O) groups excluding carboxylic acids is 1. The monoisotopic (exact) mass is 239 g/mol. The lowest BCUT2D eigenvalue weighted by Gasteiger charge is -2.04. The number of hydrogen-bond acceptors (Lipinski definition) is 2. The molecule has 0 radical (unpaired) electrons. The van der Waals surface area contributed by atoms with E-state index in [-0.39, 0.29) is 23.8 Å². The van der Waals surface area contributed by atoms with Crippen LogP contribution in [-0.4, -0.2) is 18.9 Å². The Morgan fingerprint density at radius 3 is 2.94 bits per heavy atom. The average molecular weight is 240 g/mol. The van der Waals surface area contributed by atoms with Crippen molar-refractivity contribution in [2.45, 2.75) is 6.42 Å². The van der Waals surface area contributed by atoms with Gasteiger partial charge in [0.15, 0.2) is 5.78 Å². The molecule has 0 heterocycles. The fraction of sp³-hybridized carbons (Fsp3) is 0.250. The molecule has 0 saturated heterocycles. The normalized spacial score (nSPS) is 9.81. The Kier molecular flexibility index (Phi) is 4.97. The van der Waals surface area contributed by atoms with Crippen LogP contribution in [0.1, 0.15) is 5.56 Å². The van der Waals surface area contributed by atoms with E-state index in [0.717, 1.165) is 0 Å². The molecule has 0 spiro atoms. The minimum absolute atomic E-state index is 0.0382. The van der Waals surface area contributed by atoms with Crippen LogP contribution < -0.4 is 5.32 Å². The van der Waals surface area contributed by atoms with E-state index in [1.54, 1.807) is 0 Å². The number of ketones is 1. The first-order valence-electron chi connectivity index (χ1n) is 4.73. The van der Waals surface area contributed by atoms with Crippen LogP contribution in [0.3, 0.4) is 0 Å². The van der Waals surface area contributed by atoms with Gasteiger partial charge in [-0.15, -0.1) is 6.42 Å². The number of hydrogen-bond donors (Lipinski definition) is 1. The van der Waals surface area contributed by atoms with Crippen LogP contribution in [0, 0.1) is 18.2 Å². The largest absolute Gasteiger partial charge is 0.299 e. The molecule has 0 aromatic heterocycles. The molecule has 0 saturated carbocycles. The standard InChI is InChI=1S/C12H11ClFNO/c1-2-5-15-8-11(16)6-9-3-4-10(14)7-12(9)13/h1,3-4,7,15H,5-6,8H2. The van der Waals surface area contributed by atoms with Gasteiger partial charge in [-0.05, 0) is 17.7 Å². The summed E-state index contributed by atoms with van der Waals surface area (Å²) in [5.74, 6) is 1.92. The van der Waals surface area contributed by atoms with Crippen molar-refractivity contribution < 1.29 is 9.18 Å². The Bertz CT molecular complexity index is 426. The van der Waals surface area contributed by atoms with Gasteiger partial charge in [-0.1, -0.05) is 23.6 Å². The van der Waals surface area contributed by atoms with Gasteiger partial charge >= 0.3 is 0 Å². The molecular formula is C12H11ClFNO. The predicted octanol–water partition coefficient (Wildman–Crippen LogP) is 1.81. The van der Waals surface area contributed by atoms with Crippen molar-refractivity contribution in [3.63, 3.8) is 0 Å². The van der Waals surface area contributed by atoms with Gasteiger partial charge in [0, 0.05) is 11.4 Å². The maximum Gasteiger partial charge on any atom is 0.151 e. The number of halogens is 2. The zero-order valence-corrected chi connectivity index (χ0v) is 9.35. The van der Waals surface area contributed by atoms with Crippen LogP contribution >= 0.6 is 11.6 Å². The number of benzene rings is 1.